The van der Waals surface area contributed by atoms with E-state index < -0.39 is 5.97 Å². The summed E-state index contributed by atoms with van der Waals surface area (Å²) in [5, 5.41) is 11.5. The van der Waals surface area contributed by atoms with Gasteiger partial charge in [-0.3, -0.25) is 4.79 Å². The molecular formula is C15H22N2O3. The van der Waals surface area contributed by atoms with Gasteiger partial charge in [0, 0.05) is 18.7 Å². The molecule has 1 aromatic rings. The molecule has 0 atom stereocenters. The zero-order valence-corrected chi connectivity index (χ0v) is 12.1. The smallest absolute Gasteiger partial charge is 0.335 e. The summed E-state index contributed by atoms with van der Waals surface area (Å²) < 4.78 is 0. The molecule has 0 unspecified atom stereocenters. The van der Waals surface area contributed by atoms with Crippen molar-refractivity contribution >= 4 is 17.6 Å². The number of anilines is 1. The molecule has 0 radical (unpaired) electrons. The van der Waals surface area contributed by atoms with Gasteiger partial charge in [0.05, 0.1) is 5.56 Å². The zero-order chi connectivity index (χ0) is 15.0. The summed E-state index contributed by atoms with van der Waals surface area (Å²) in [5.41, 5.74) is 0.832. The molecule has 0 aromatic heterocycles. The van der Waals surface area contributed by atoms with Crippen LogP contribution in [0.25, 0.3) is 0 Å². The summed E-state index contributed by atoms with van der Waals surface area (Å²) in [4.78, 5) is 24.6. The lowest BCUT2D eigenvalue weighted by atomic mass is 10.2. The van der Waals surface area contributed by atoms with Crippen molar-refractivity contribution in [2.45, 2.75) is 26.2 Å². The van der Waals surface area contributed by atoms with Crippen molar-refractivity contribution in [1.82, 2.24) is 4.90 Å². The number of hydrogen-bond acceptors (Lipinski definition) is 3. The second kappa shape index (κ2) is 8.32. The summed E-state index contributed by atoms with van der Waals surface area (Å²) in [6.45, 7) is 3.86. The number of rotatable bonds is 8. The van der Waals surface area contributed by atoms with Gasteiger partial charge in [0.1, 0.15) is 0 Å². The minimum atomic E-state index is -0.972. The van der Waals surface area contributed by atoms with Crippen LogP contribution in [-0.4, -0.2) is 42.0 Å². The van der Waals surface area contributed by atoms with E-state index in [9.17, 15) is 9.59 Å². The number of carboxylic acids is 1. The summed E-state index contributed by atoms with van der Waals surface area (Å²) in [7, 11) is 2.00. The van der Waals surface area contributed by atoms with E-state index in [4.69, 9.17) is 5.11 Å². The van der Waals surface area contributed by atoms with Gasteiger partial charge < -0.3 is 15.3 Å². The molecule has 0 saturated carbocycles. The highest BCUT2D eigenvalue weighted by Crippen LogP contribution is 2.10. The quantitative estimate of drug-likeness (QED) is 0.766. The van der Waals surface area contributed by atoms with Crippen LogP contribution in [0.1, 0.15) is 36.5 Å². The van der Waals surface area contributed by atoms with Gasteiger partial charge in [-0.05, 0) is 44.3 Å². The molecule has 0 bridgehead atoms. The molecule has 0 aliphatic rings. The van der Waals surface area contributed by atoms with E-state index in [-0.39, 0.29) is 11.5 Å². The Labute approximate surface area is 119 Å². The van der Waals surface area contributed by atoms with E-state index in [1.807, 2.05) is 7.05 Å². The number of unbranched alkanes of at least 4 members (excludes halogenated alkanes) is 1. The molecular weight excluding hydrogens is 256 g/mol. The van der Waals surface area contributed by atoms with Gasteiger partial charge in [0.2, 0.25) is 5.91 Å². The Hall–Kier alpha value is -1.88. The molecule has 20 heavy (non-hydrogen) atoms. The number of amides is 1. The highest BCUT2D eigenvalue weighted by atomic mass is 16.4. The number of carboxylic acid groups (broad SMARTS) is 1. The lowest BCUT2D eigenvalue weighted by Crippen LogP contribution is -2.25. The van der Waals surface area contributed by atoms with E-state index >= 15 is 0 Å². The van der Waals surface area contributed by atoms with Crippen molar-refractivity contribution in [1.29, 1.82) is 0 Å². The summed E-state index contributed by atoms with van der Waals surface area (Å²) in [6, 6.07) is 6.15. The molecule has 110 valence electrons. The summed E-state index contributed by atoms with van der Waals surface area (Å²) in [6.07, 6.45) is 2.71. The topological polar surface area (TPSA) is 69.6 Å². The molecule has 0 heterocycles. The van der Waals surface area contributed by atoms with E-state index in [2.05, 4.69) is 17.1 Å². The first-order valence-corrected chi connectivity index (χ1v) is 6.84. The fraction of sp³-hybridized carbons (Fsp3) is 0.467. The Bertz CT molecular complexity index is 443. The van der Waals surface area contributed by atoms with Crippen molar-refractivity contribution in [3.8, 4) is 0 Å². The highest BCUT2D eigenvalue weighted by molar-refractivity contribution is 5.92. The Morgan fingerprint density at radius 3 is 2.40 bits per heavy atom. The first kappa shape index (κ1) is 16.2. The first-order valence-electron chi connectivity index (χ1n) is 6.84. The maximum atomic E-state index is 11.8. The van der Waals surface area contributed by atoms with E-state index in [0.29, 0.717) is 12.1 Å². The maximum absolute atomic E-state index is 11.8. The highest BCUT2D eigenvalue weighted by Gasteiger charge is 2.06. The molecule has 1 amide bonds. The number of aromatic carboxylic acids is 1. The first-order chi connectivity index (χ1) is 9.52. The fourth-order valence-electron chi connectivity index (χ4n) is 1.75. The van der Waals surface area contributed by atoms with Crippen molar-refractivity contribution in [3.05, 3.63) is 29.8 Å². The van der Waals surface area contributed by atoms with Crippen LogP contribution in [0.5, 0.6) is 0 Å². The SMILES string of the molecule is CCCCN(C)CCC(=O)Nc1ccc(C(=O)O)cc1. The fourth-order valence-corrected chi connectivity index (χ4v) is 1.75. The molecule has 0 fully saturated rings. The molecule has 0 aliphatic carbocycles. The van der Waals surface area contributed by atoms with Gasteiger partial charge in [-0.2, -0.15) is 0 Å². The maximum Gasteiger partial charge on any atom is 0.335 e. The monoisotopic (exact) mass is 278 g/mol. The molecule has 5 nitrogen and oxygen atoms in total. The number of hydrogen-bond donors (Lipinski definition) is 2. The number of nitrogens with one attached hydrogen (secondary N) is 1. The minimum Gasteiger partial charge on any atom is -0.478 e. The van der Waals surface area contributed by atoms with E-state index in [0.717, 1.165) is 25.9 Å². The number of carbonyl (C=O) groups excluding carboxylic acids is 1. The molecule has 0 spiro atoms. The number of benzene rings is 1. The van der Waals surface area contributed by atoms with Gasteiger partial charge in [0.25, 0.3) is 0 Å². The summed E-state index contributed by atoms with van der Waals surface area (Å²) in [5.74, 6) is -1.03. The van der Waals surface area contributed by atoms with Crippen LogP contribution in [0.15, 0.2) is 24.3 Å². The molecule has 0 saturated heterocycles. The van der Waals surface area contributed by atoms with Gasteiger partial charge in [-0.1, -0.05) is 13.3 Å². The standard InChI is InChI=1S/C15H22N2O3/c1-3-4-10-17(2)11-9-14(18)16-13-7-5-12(6-8-13)15(19)20/h5-8H,3-4,9-11H2,1-2H3,(H,16,18)(H,19,20). The number of nitrogens with zero attached hydrogens (tertiary/aromatic N) is 1. The average Bonchev–Trinajstić information content (AvgIpc) is 2.43. The third-order valence-corrected chi connectivity index (χ3v) is 3.03. The van der Waals surface area contributed by atoms with Crippen LogP contribution in [0.4, 0.5) is 5.69 Å². The second-order valence-corrected chi connectivity index (χ2v) is 4.84. The Balaban J connectivity index is 2.36. The van der Waals surface area contributed by atoms with Crippen molar-refractivity contribution in [2.24, 2.45) is 0 Å². The van der Waals surface area contributed by atoms with Crippen LogP contribution in [0, 0.1) is 0 Å². The van der Waals surface area contributed by atoms with Crippen LogP contribution >= 0.6 is 0 Å². The van der Waals surface area contributed by atoms with E-state index in [1.165, 1.54) is 12.1 Å². The van der Waals surface area contributed by atoms with Gasteiger partial charge in [0.15, 0.2) is 0 Å². The molecule has 5 heteroatoms. The van der Waals surface area contributed by atoms with Crippen molar-refractivity contribution in [3.63, 3.8) is 0 Å². The van der Waals surface area contributed by atoms with Crippen LogP contribution < -0.4 is 5.32 Å². The van der Waals surface area contributed by atoms with Crippen molar-refractivity contribution < 1.29 is 14.7 Å². The molecule has 1 rings (SSSR count). The molecule has 0 aliphatic heterocycles. The third kappa shape index (κ3) is 5.84. The predicted octanol–water partition coefficient (Wildman–Crippen LogP) is 2.45. The largest absolute Gasteiger partial charge is 0.478 e. The average molecular weight is 278 g/mol. The normalized spacial score (nSPS) is 10.6. The van der Waals surface area contributed by atoms with Gasteiger partial charge in [-0.25, -0.2) is 4.79 Å². The van der Waals surface area contributed by atoms with Crippen LogP contribution in [-0.2, 0) is 4.79 Å². The summed E-state index contributed by atoms with van der Waals surface area (Å²) >= 11 is 0. The van der Waals surface area contributed by atoms with E-state index in [1.54, 1.807) is 12.1 Å². The van der Waals surface area contributed by atoms with Gasteiger partial charge in [-0.15, -0.1) is 0 Å². The van der Waals surface area contributed by atoms with Crippen LogP contribution in [0.3, 0.4) is 0 Å². The molecule has 1 aromatic carbocycles. The minimum absolute atomic E-state index is 0.0589. The lowest BCUT2D eigenvalue weighted by Gasteiger charge is -2.15. The Morgan fingerprint density at radius 1 is 1.20 bits per heavy atom. The Kier molecular flexibility index (Phi) is 6.73. The number of carbonyl (C=O) groups is 2. The third-order valence-electron chi connectivity index (χ3n) is 3.03. The second-order valence-electron chi connectivity index (χ2n) is 4.84. The van der Waals surface area contributed by atoms with Crippen molar-refractivity contribution in [2.75, 3.05) is 25.5 Å². The van der Waals surface area contributed by atoms with Gasteiger partial charge >= 0.3 is 5.97 Å². The Morgan fingerprint density at radius 2 is 1.85 bits per heavy atom. The zero-order valence-electron chi connectivity index (χ0n) is 12.1. The van der Waals surface area contributed by atoms with Crippen LogP contribution in [0.2, 0.25) is 0 Å². The molecule has 2 N–H and O–H groups in total. The lowest BCUT2D eigenvalue weighted by molar-refractivity contribution is -0.116. The predicted molar refractivity (Wildman–Crippen MR) is 79.1 cm³/mol.